The Kier molecular flexibility index (Phi) is 25.6. The maximum atomic E-state index is 13.4. The molecule has 14 heteroatoms. The maximum absolute atomic E-state index is 13.4. The first kappa shape index (κ1) is 77.5. The molecule has 6 amide bonds. The highest BCUT2D eigenvalue weighted by atomic mass is 16.2. The van der Waals surface area contributed by atoms with E-state index in [4.69, 9.17) is 0 Å². The van der Waals surface area contributed by atoms with Crippen molar-refractivity contribution in [3.05, 3.63) is 142 Å². The molecule has 0 radical (unpaired) electrons. The SMILES string of the molecule is CC(C)(C)CCN1CCC2(CC[C@@H](NC(=O)C3CCN(C(=O)c4ccccc4)CC3)c3ccccc32)CC1.CC(C)N(C(=O)N[C@H]1CC2(CCN(CCC(C)(C)C)CC2)c2ccccc21)C(C)C.C[C@H](C(=O)N[C@@H]1CCC2(CCN(CCC(C)(C)C)CC2)c2ccccc21)N1CCCCC1=O.[HH].[HH].[HH]. The molecule has 4 atom stereocenters. The summed E-state index contributed by atoms with van der Waals surface area (Å²) in [6.45, 7) is 43.8. The molecular formula is C87H137N9O5. The van der Waals surface area contributed by atoms with Gasteiger partial charge in [0.05, 0.1) is 18.1 Å². The molecule has 3 aliphatic carbocycles. The predicted molar refractivity (Wildman–Crippen MR) is 418 cm³/mol. The molecule has 5 heterocycles. The molecule has 8 aliphatic rings. The Labute approximate surface area is 614 Å². The lowest BCUT2D eigenvalue weighted by Crippen LogP contribution is -2.51. The van der Waals surface area contributed by atoms with Crippen molar-refractivity contribution in [3.63, 3.8) is 0 Å². The van der Waals surface area contributed by atoms with Crippen LogP contribution in [0, 0.1) is 22.2 Å². The van der Waals surface area contributed by atoms with Crippen molar-refractivity contribution in [2.24, 2.45) is 22.2 Å². The van der Waals surface area contributed by atoms with Gasteiger partial charge < -0.3 is 45.3 Å². The van der Waals surface area contributed by atoms with Gasteiger partial charge in [-0.3, -0.25) is 19.2 Å². The fraction of sp³-hybridized carbons (Fsp3) is 0.667. The van der Waals surface area contributed by atoms with Crippen LogP contribution in [-0.2, 0) is 30.6 Å². The number of carbonyl (C=O) groups excluding carboxylic acids is 5. The zero-order chi connectivity index (χ0) is 72.5. The van der Waals surface area contributed by atoms with E-state index in [2.05, 4.69) is 193 Å². The van der Waals surface area contributed by atoms with Gasteiger partial charge in [0.1, 0.15) is 6.04 Å². The van der Waals surface area contributed by atoms with Crippen LogP contribution in [0.5, 0.6) is 0 Å². The number of nitrogens with one attached hydrogen (secondary N) is 3. The lowest BCUT2D eigenvalue weighted by atomic mass is 9.63. The summed E-state index contributed by atoms with van der Waals surface area (Å²) in [6, 6.07) is 36.3. The van der Waals surface area contributed by atoms with Crippen molar-refractivity contribution in [1.82, 2.24) is 45.3 Å². The normalized spacial score (nSPS) is 22.7. The number of piperidine rings is 5. The number of amides is 6. The van der Waals surface area contributed by atoms with Gasteiger partial charge in [0.2, 0.25) is 17.7 Å². The second-order valence-electron chi connectivity index (χ2n) is 36.2. The Bertz CT molecular complexity index is 3400. The molecule has 5 saturated heterocycles. The highest BCUT2D eigenvalue weighted by Crippen LogP contribution is 2.53. The number of likely N-dealkylation sites (tertiary alicyclic amines) is 5. The molecule has 3 N–H and O–H groups in total. The first-order valence-electron chi connectivity index (χ1n) is 39.7. The van der Waals surface area contributed by atoms with Crippen LogP contribution in [0.1, 0.15) is 285 Å². The lowest BCUT2D eigenvalue weighted by molar-refractivity contribution is -0.142. The first-order valence-corrected chi connectivity index (χ1v) is 39.7. The van der Waals surface area contributed by atoms with Gasteiger partial charge in [-0.25, -0.2) is 4.79 Å². The summed E-state index contributed by atoms with van der Waals surface area (Å²) < 4.78 is 0. The number of fused-ring (bicyclic) bond motifs is 6. The number of nitrogens with zero attached hydrogens (tertiary/aromatic N) is 6. The van der Waals surface area contributed by atoms with Crippen LogP contribution in [0.15, 0.2) is 103 Å². The molecular weight excluding hydrogens is 1250 g/mol. The van der Waals surface area contributed by atoms with E-state index in [0.717, 1.165) is 89.5 Å². The largest absolute Gasteiger partial charge is 0.349 e. The molecule has 12 rings (SSSR count). The third-order valence-corrected chi connectivity index (χ3v) is 24.8. The second-order valence-corrected chi connectivity index (χ2v) is 36.2. The molecule has 4 aromatic rings. The number of hydrogen-bond acceptors (Lipinski definition) is 8. The van der Waals surface area contributed by atoms with Crippen molar-refractivity contribution >= 4 is 29.7 Å². The first-order chi connectivity index (χ1) is 47.9. The van der Waals surface area contributed by atoms with E-state index in [1.54, 1.807) is 4.90 Å². The number of carbonyl (C=O) groups is 5. The summed E-state index contributed by atoms with van der Waals surface area (Å²) in [7, 11) is 0. The highest BCUT2D eigenvalue weighted by molar-refractivity contribution is 5.94. The number of urea groups is 1. The van der Waals surface area contributed by atoms with E-state index < -0.39 is 6.04 Å². The lowest BCUT2D eigenvalue weighted by Gasteiger charge is -2.47. The second kappa shape index (κ2) is 33.3. The Morgan fingerprint density at radius 1 is 0.475 bits per heavy atom. The maximum Gasteiger partial charge on any atom is 0.318 e. The minimum absolute atomic E-state index is 0. The van der Waals surface area contributed by atoms with Gasteiger partial charge in [-0.2, -0.15) is 0 Å². The zero-order valence-corrected chi connectivity index (χ0v) is 65.0. The van der Waals surface area contributed by atoms with Crippen LogP contribution in [0.3, 0.4) is 0 Å². The summed E-state index contributed by atoms with van der Waals surface area (Å²) in [6.07, 6.45) is 20.2. The third-order valence-electron chi connectivity index (χ3n) is 24.8. The quantitative estimate of drug-likeness (QED) is 0.107. The van der Waals surface area contributed by atoms with E-state index in [0.29, 0.717) is 42.3 Å². The summed E-state index contributed by atoms with van der Waals surface area (Å²) in [5.41, 5.74) is 10.9. The van der Waals surface area contributed by atoms with E-state index in [-0.39, 0.29) is 86.3 Å². The molecule has 0 bridgehead atoms. The van der Waals surface area contributed by atoms with Crippen LogP contribution >= 0.6 is 0 Å². The van der Waals surface area contributed by atoms with E-state index >= 15 is 0 Å². The monoisotopic (exact) mass is 1390 g/mol. The van der Waals surface area contributed by atoms with Crippen molar-refractivity contribution in [2.75, 3.05) is 78.5 Å². The Hall–Kier alpha value is -6.09. The molecule has 0 unspecified atom stereocenters. The van der Waals surface area contributed by atoms with Crippen molar-refractivity contribution in [3.8, 4) is 0 Å². The summed E-state index contributed by atoms with van der Waals surface area (Å²) >= 11 is 0. The number of benzene rings is 4. The molecule has 101 heavy (non-hydrogen) atoms. The fourth-order valence-electron chi connectivity index (χ4n) is 18.3. The van der Waals surface area contributed by atoms with Crippen LogP contribution in [-0.4, -0.2) is 156 Å². The van der Waals surface area contributed by atoms with Gasteiger partial charge >= 0.3 is 6.03 Å². The predicted octanol–water partition coefficient (Wildman–Crippen LogP) is 17.2. The molecule has 4 aromatic carbocycles. The molecule has 560 valence electrons. The minimum Gasteiger partial charge on any atom is -0.349 e. The van der Waals surface area contributed by atoms with Gasteiger partial charge in [-0.15, -0.1) is 0 Å². The van der Waals surface area contributed by atoms with Crippen molar-refractivity contribution in [1.29, 1.82) is 0 Å². The van der Waals surface area contributed by atoms with E-state index in [9.17, 15) is 24.0 Å². The standard InChI is InChI=1S/C33H45N3O2.C28H43N3O2.C26H43N3O.3H2/c1-32(2,3)17-22-35-23-18-33(19-24-35)16-13-29(27-11-7-8-12-28(27)33)34-30(37)25-14-20-36(21-15-25)31(38)26-9-5-4-6-10-26;1-21(31-17-8-7-11-25(31)32)26(33)29-24-12-13-28(23-10-6-5-9-22(23)24)15-19-30(20-16-28)18-14-27(2,3)4;1-19(2)29(20(3)4)24(30)27-23-18-26(22-11-9-8-10-21(22)23)13-16-28(17-14-26)15-12-25(5,6)7;;;/h4-12,25,29H,13-24H2,1-3H3,(H,34,37);5-6,9-10,21,24H,7-8,11-20H2,1-4H3,(H,29,33);8-11,19-20,23H,12-18H2,1-7H3,(H,27,30);3*1H/t29-;21-,24-;23-;;;/m110.../s1. The van der Waals surface area contributed by atoms with E-state index in [1.807, 2.05) is 47.1 Å². The summed E-state index contributed by atoms with van der Waals surface area (Å²) in [5.74, 6) is 0.303. The van der Waals surface area contributed by atoms with Crippen LogP contribution in [0.25, 0.3) is 0 Å². The van der Waals surface area contributed by atoms with Gasteiger partial charge in [0.25, 0.3) is 5.91 Å². The Morgan fingerprint density at radius 3 is 1.32 bits per heavy atom. The van der Waals surface area contributed by atoms with Crippen LogP contribution in [0.4, 0.5) is 4.79 Å². The Balaban J connectivity index is 0.000000217. The molecule has 0 aromatic heterocycles. The molecule has 0 saturated carbocycles. The van der Waals surface area contributed by atoms with Crippen molar-refractivity contribution < 1.29 is 28.3 Å². The van der Waals surface area contributed by atoms with Gasteiger partial charge in [-0.1, -0.05) is 153 Å². The third kappa shape index (κ3) is 19.7. The smallest absolute Gasteiger partial charge is 0.318 e. The fourth-order valence-corrected chi connectivity index (χ4v) is 18.3. The van der Waals surface area contributed by atoms with Crippen LogP contribution in [0.2, 0.25) is 0 Å². The van der Waals surface area contributed by atoms with Crippen LogP contribution < -0.4 is 16.0 Å². The van der Waals surface area contributed by atoms with E-state index in [1.165, 1.54) is 124 Å². The molecule has 3 spiro atoms. The van der Waals surface area contributed by atoms with Gasteiger partial charge in [0.15, 0.2) is 0 Å². The number of hydrogen-bond donors (Lipinski definition) is 3. The number of rotatable bonds is 15. The molecule has 14 nitrogen and oxygen atoms in total. The molecule has 5 fully saturated rings. The zero-order valence-electron chi connectivity index (χ0n) is 65.0. The average molecular weight is 1390 g/mol. The summed E-state index contributed by atoms with van der Waals surface area (Å²) in [4.78, 5) is 78.3. The van der Waals surface area contributed by atoms with Crippen molar-refractivity contribution in [2.45, 2.75) is 271 Å². The molecule has 5 aliphatic heterocycles. The minimum atomic E-state index is -0.396. The Morgan fingerprint density at radius 2 is 0.881 bits per heavy atom. The average Bonchev–Trinajstić information content (AvgIpc) is 1.72. The highest BCUT2D eigenvalue weighted by Gasteiger charge is 2.48. The van der Waals surface area contributed by atoms with Gasteiger partial charge in [-0.05, 0) is 282 Å². The summed E-state index contributed by atoms with van der Waals surface area (Å²) in [5, 5.41) is 10.2. The van der Waals surface area contributed by atoms with Gasteiger partial charge in [0, 0.05) is 59.3 Å². The topological polar surface area (TPSA) is 141 Å².